The minimum absolute atomic E-state index is 0.00332. The van der Waals surface area contributed by atoms with Crippen molar-refractivity contribution in [2.45, 2.75) is 0 Å². The van der Waals surface area contributed by atoms with Gasteiger partial charge in [-0.15, -0.1) is 0 Å². The highest BCUT2D eigenvalue weighted by Gasteiger charge is 2.10. The van der Waals surface area contributed by atoms with Gasteiger partial charge in [0.1, 0.15) is 0 Å². The number of nitrogens with two attached hydrogens (primary N) is 1. The monoisotopic (exact) mass is 266 g/mol. The van der Waals surface area contributed by atoms with Crippen LogP contribution in [-0.4, -0.2) is 57.4 Å². The molecule has 0 saturated heterocycles. The third-order valence-electron chi connectivity index (χ3n) is 2.57. The number of carbonyl (C=O) groups excluding carboxylic acids is 1. The summed E-state index contributed by atoms with van der Waals surface area (Å²) in [5.41, 5.74) is 5.98. The van der Waals surface area contributed by atoms with E-state index in [4.69, 9.17) is 15.2 Å². The molecule has 0 unspecified atom stereocenters. The molecule has 0 heterocycles. The molecule has 106 valence electrons. The van der Waals surface area contributed by atoms with E-state index in [0.29, 0.717) is 45.1 Å². The van der Waals surface area contributed by atoms with E-state index in [2.05, 4.69) is 0 Å². The molecule has 0 atom stereocenters. The SMILES string of the molecule is CN(CCOCCOCCN)C(=O)c1ccccc1. The van der Waals surface area contributed by atoms with Crippen molar-refractivity contribution in [2.24, 2.45) is 5.73 Å². The average molecular weight is 266 g/mol. The fourth-order valence-corrected chi connectivity index (χ4v) is 1.51. The lowest BCUT2D eigenvalue weighted by atomic mass is 10.2. The summed E-state index contributed by atoms with van der Waals surface area (Å²) in [4.78, 5) is 13.6. The average Bonchev–Trinajstić information content (AvgIpc) is 2.46. The molecule has 5 heteroatoms. The minimum atomic E-state index is 0.00332. The van der Waals surface area contributed by atoms with E-state index in [1.54, 1.807) is 24.1 Å². The Hall–Kier alpha value is -1.43. The largest absolute Gasteiger partial charge is 0.378 e. The van der Waals surface area contributed by atoms with E-state index in [1.807, 2.05) is 18.2 Å². The highest BCUT2D eigenvalue weighted by Crippen LogP contribution is 2.02. The molecule has 0 bridgehead atoms. The summed E-state index contributed by atoms with van der Waals surface area (Å²) in [5, 5.41) is 0. The molecule has 1 amide bonds. The number of hydrogen-bond donors (Lipinski definition) is 1. The Morgan fingerprint density at radius 3 is 2.37 bits per heavy atom. The Balaban J connectivity index is 2.14. The predicted octanol–water partition coefficient (Wildman–Crippen LogP) is 0.751. The predicted molar refractivity (Wildman–Crippen MR) is 74.1 cm³/mol. The Kier molecular flexibility index (Phi) is 7.81. The summed E-state index contributed by atoms with van der Waals surface area (Å²) in [6.07, 6.45) is 0. The van der Waals surface area contributed by atoms with Crippen molar-refractivity contribution in [1.82, 2.24) is 4.90 Å². The van der Waals surface area contributed by atoms with Crippen LogP contribution in [0.4, 0.5) is 0 Å². The number of nitrogens with zero attached hydrogens (tertiary/aromatic N) is 1. The standard InChI is InChI=1S/C14H22N2O3/c1-16(8-10-19-12-11-18-9-7-15)14(17)13-5-3-2-4-6-13/h2-6H,7-12,15H2,1H3. The maximum atomic E-state index is 12.0. The number of hydrogen-bond acceptors (Lipinski definition) is 4. The van der Waals surface area contributed by atoms with Crippen LogP contribution in [0.1, 0.15) is 10.4 Å². The Morgan fingerprint density at radius 1 is 1.11 bits per heavy atom. The molecule has 0 aliphatic rings. The van der Waals surface area contributed by atoms with Gasteiger partial charge in [0, 0.05) is 25.7 Å². The molecule has 0 fully saturated rings. The first-order valence-electron chi connectivity index (χ1n) is 6.41. The molecule has 1 aromatic carbocycles. The van der Waals surface area contributed by atoms with Gasteiger partial charge in [0.2, 0.25) is 0 Å². The number of carbonyl (C=O) groups is 1. The second-order valence-corrected chi connectivity index (χ2v) is 4.11. The van der Waals surface area contributed by atoms with Crippen molar-refractivity contribution >= 4 is 5.91 Å². The summed E-state index contributed by atoms with van der Waals surface area (Å²) in [6.45, 7) is 3.19. The first-order valence-corrected chi connectivity index (χ1v) is 6.41. The van der Waals surface area contributed by atoms with E-state index in [-0.39, 0.29) is 5.91 Å². The van der Waals surface area contributed by atoms with Crippen LogP contribution in [0, 0.1) is 0 Å². The lowest BCUT2D eigenvalue weighted by Gasteiger charge is -2.17. The number of benzene rings is 1. The summed E-state index contributed by atoms with van der Waals surface area (Å²) in [6, 6.07) is 9.21. The van der Waals surface area contributed by atoms with Crippen molar-refractivity contribution < 1.29 is 14.3 Å². The number of ether oxygens (including phenoxy) is 2. The highest BCUT2D eigenvalue weighted by atomic mass is 16.5. The minimum Gasteiger partial charge on any atom is -0.378 e. The van der Waals surface area contributed by atoms with Crippen molar-refractivity contribution in [1.29, 1.82) is 0 Å². The van der Waals surface area contributed by atoms with Gasteiger partial charge in [-0.25, -0.2) is 0 Å². The smallest absolute Gasteiger partial charge is 0.253 e. The highest BCUT2D eigenvalue weighted by molar-refractivity contribution is 5.93. The van der Waals surface area contributed by atoms with Crippen LogP contribution in [0.15, 0.2) is 30.3 Å². The molecule has 0 spiro atoms. The van der Waals surface area contributed by atoms with Crippen LogP contribution in [-0.2, 0) is 9.47 Å². The molecule has 0 saturated carbocycles. The topological polar surface area (TPSA) is 64.8 Å². The fourth-order valence-electron chi connectivity index (χ4n) is 1.51. The van der Waals surface area contributed by atoms with E-state index in [9.17, 15) is 4.79 Å². The van der Waals surface area contributed by atoms with E-state index in [0.717, 1.165) is 0 Å². The van der Waals surface area contributed by atoms with Gasteiger partial charge in [-0.1, -0.05) is 18.2 Å². The molecule has 0 aliphatic carbocycles. The zero-order valence-corrected chi connectivity index (χ0v) is 11.4. The van der Waals surface area contributed by atoms with Gasteiger partial charge < -0.3 is 20.1 Å². The summed E-state index contributed by atoms with van der Waals surface area (Å²) in [7, 11) is 1.77. The van der Waals surface area contributed by atoms with Crippen molar-refractivity contribution in [3.63, 3.8) is 0 Å². The third kappa shape index (κ3) is 6.33. The summed E-state index contributed by atoms with van der Waals surface area (Å²) >= 11 is 0. The summed E-state index contributed by atoms with van der Waals surface area (Å²) in [5.74, 6) is 0.00332. The lowest BCUT2D eigenvalue weighted by molar-refractivity contribution is 0.0409. The second-order valence-electron chi connectivity index (χ2n) is 4.11. The molecular weight excluding hydrogens is 244 g/mol. The van der Waals surface area contributed by atoms with Crippen LogP contribution in [0.5, 0.6) is 0 Å². The molecule has 2 N–H and O–H groups in total. The van der Waals surface area contributed by atoms with Gasteiger partial charge in [0.15, 0.2) is 0 Å². The van der Waals surface area contributed by atoms with Crippen LogP contribution >= 0.6 is 0 Å². The van der Waals surface area contributed by atoms with Gasteiger partial charge in [-0.3, -0.25) is 4.79 Å². The molecule has 0 radical (unpaired) electrons. The normalized spacial score (nSPS) is 10.4. The van der Waals surface area contributed by atoms with Gasteiger partial charge in [0.05, 0.1) is 26.4 Å². The third-order valence-corrected chi connectivity index (χ3v) is 2.57. The van der Waals surface area contributed by atoms with Gasteiger partial charge >= 0.3 is 0 Å². The zero-order chi connectivity index (χ0) is 13.9. The van der Waals surface area contributed by atoms with Crippen LogP contribution < -0.4 is 5.73 Å². The van der Waals surface area contributed by atoms with E-state index in [1.165, 1.54) is 0 Å². The summed E-state index contributed by atoms with van der Waals surface area (Å²) < 4.78 is 10.6. The van der Waals surface area contributed by atoms with Crippen molar-refractivity contribution in [3.8, 4) is 0 Å². The Labute approximate surface area is 114 Å². The fraction of sp³-hybridized carbons (Fsp3) is 0.500. The van der Waals surface area contributed by atoms with Crippen molar-refractivity contribution in [3.05, 3.63) is 35.9 Å². The first-order chi connectivity index (χ1) is 9.25. The quantitative estimate of drug-likeness (QED) is 0.670. The van der Waals surface area contributed by atoms with Crippen LogP contribution in [0.2, 0.25) is 0 Å². The Morgan fingerprint density at radius 2 is 1.74 bits per heavy atom. The van der Waals surface area contributed by atoms with E-state index >= 15 is 0 Å². The number of amides is 1. The van der Waals surface area contributed by atoms with Gasteiger partial charge in [0.25, 0.3) is 5.91 Å². The molecule has 0 aliphatic heterocycles. The maximum absolute atomic E-state index is 12.0. The molecule has 19 heavy (non-hydrogen) atoms. The van der Waals surface area contributed by atoms with Gasteiger partial charge in [-0.05, 0) is 12.1 Å². The number of likely N-dealkylation sites (N-methyl/N-ethyl adjacent to an activating group) is 1. The molecular formula is C14H22N2O3. The van der Waals surface area contributed by atoms with E-state index < -0.39 is 0 Å². The number of rotatable bonds is 9. The van der Waals surface area contributed by atoms with Crippen LogP contribution in [0.3, 0.4) is 0 Å². The maximum Gasteiger partial charge on any atom is 0.253 e. The zero-order valence-electron chi connectivity index (χ0n) is 11.4. The molecule has 1 rings (SSSR count). The van der Waals surface area contributed by atoms with Crippen LogP contribution in [0.25, 0.3) is 0 Å². The van der Waals surface area contributed by atoms with Crippen molar-refractivity contribution in [2.75, 3.05) is 46.6 Å². The lowest BCUT2D eigenvalue weighted by Crippen LogP contribution is -2.30. The second kappa shape index (κ2) is 9.49. The first kappa shape index (κ1) is 15.6. The van der Waals surface area contributed by atoms with Gasteiger partial charge in [-0.2, -0.15) is 0 Å². The molecule has 0 aromatic heterocycles. The molecule has 5 nitrogen and oxygen atoms in total. The Bertz CT molecular complexity index is 357. The molecule has 1 aromatic rings.